The molecule has 0 aliphatic heterocycles. The second-order valence-corrected chi connectivity index (χ2v) is 7.57. The number of amides is 1. The van der Waals surface area contributed by atoms with E-state index in [0.29, 0.717) is 33.9 Å². The molecule has 0 radical (unpaired) electrons. The monoisotopic (exact) mass is 451 g/mol. The Balaban J connectivity index is 1.34. The van der Waals surface area contributed by atoms with Crippen LogP contribution in [0.15, 0.2) is 59.9 Å². The number of aromatic nitrogens is 6. The van der Waals surface area contributed by atoms with Crippen molar-refractivity contribution < 1.29 is 9.18 Å². The van der Waals surface area contributed by atoms with Crippen molar-refractivity contribution in [2.45, 2.75) is 10.9 Å². The first kappa shape index (κ1) is 21.2. The molecular formula is C20H18FN9OS. The van der Waals surface area contributed by atoms with Crippen LogP contribution in [-0.2, 0) is 12.8 Å². The van der Waals surface area contributed by atoms with Gasteiger partial charge in [-0.3, -0.25) is 4.79 Å². The SMILES string of the molecule is Cn1nnc(Nc2ccnc(SCc3ccc(C(=O)Nc4ccc(F)cc4N)cc3)n2)n1. The first-order valence-electron chi connectivity index (χ1n) is 9.38. The molecule has 162 valence electrons. The first-order valence-corrected chi connectivity index (χ1v) is 10.4. The Labute approximate surface area is 186 Å². The zero-order chi connectivity index (χ0) is 22.5. The van der Waals surface area contributed by atoms with E-state index in [0.717, 1.165) is 11.6 Å². The van der Waals surface area contributed by atoms with Gasteiger partial charge in [0, 0.05) is 17.5 Å². The van der Waals surface area contributed by atoms with E-state index in [9.17, 15) is 9.18 Å². The molecule has 4 rings (SSSR count). The van der Waals surface area contributed by atoms with Gasteiger partial charge in [0.1, 0.15) is 11.6 Å². The number of nitrogens with two attached hydrogens (primary N) is 1. The predicted octanol–water partition coefficient (Wildman–Crippen LogP) is 3.01. The van der Waals surface area contributed by atoms with Crippen molar-refractivity contribution in [2.24, 2.45) is 7.05 Å². The minimum Gasteiger partial charge on any atom is -0.397 e. The van der Waals surface area contributed by atoms with E-state index in [1.807, 2.05) is 12.1 Å². The molecule has 4 aromatic rings. The fraction of sp³-hybridized carbons (Fsp3) is 0.100. The Kier molecular flexibility index (Phi) is 6.22. The number of hydrogen-bond acceptors (Lipinski definition) is 9. The van der Waals surface area contributed by atoms with E-state index >= 15 is 0 Å². The summed E-state index contributed by atoms with van der Waals surface area (Å²) in [6.45, 7) is 0. The smallest absolute Gasteiger partial charge is 0.268 e. The second-order valence-electron chi connectivity index (χ2n) is 6.62. The standard InChI is InChI=1S/C20H18FN9OS/c1-30-28-19(27-29-30)25-17-8-9-23-20(26-17)32-11-12-2-4-13(5-3-12)18(31)24-16-7-6-14(21)10-15(16)22/h2-10H,11,22H2,1H3,(H,24,31)(H,23,25,26,28). The summed E-state index contributed by atoms with van der Waals surface area (Å²) in [5.41, 5.74) is 7.71. The molecule has 2 aromatic carbocycles. The summed E-state index contributed by atoms with van der Waals surface area (Å²) in [7, 11) is 1.67. The van der Waals surface area contributed by atoms with Crippen LogP contribution >= 0.6 is 11.8 Å². The Morgan fingerprint density at radius 3 is 2.72 bits per heavy atom. The van der Waals surface area contributed by atoms with Gasteiger partial charge in [0.25, 0.3) is 11.9 Å². The first-order chi connectivity index (χ1) is 15.5. The molecule has 0 bridgehead atoms. The molecule has 0 atom stereocenters. The number of nitrogens with one attached hydrogen (secondary N) is 2. The van der Waals surface area contributed by atoms with Gasteiger partial charge < -0.3 is 16.4 Å². The summed E-state index contributed by atoms with van der Waals surface area (Å²) in [5.74, 6) is 0.723. The maximum atomic E-state index is 13.2. The van der Waals surface area contributed by atoms with E-state index < -0.39 is 5.82 Å². The average Bonchev–Trinajstić information content (AvgIpc) is 3.19. The Morgan fingerprint density at radius 1 is 1.19 bits per heavy atom. The van der Waals surface area contributed by atoms with Crippen LogP contribution in [0.2, 0.25) is 0 Å². The minimum absolute atomic E-state index is 0.165. The van der Waals surface area contributed by atoms with E-state index in [-0.39, 0.29) is 11.6 Å². The third-order valence-corrected chi connectivity index (χ3v) is 5.16. The topological polar surface area (TPSA) is 137 Å². The molecular weight excluding hydrogens is 433 g/mol. The summed E-state index contributed by atoms with van der Waals surface area (Å²) in [6.07, 6.45) is 1.64. The molecule has 12 heteroatoms. The lowest BCUT2D eigenvalue weighted by atomic mass is 10.1. The summed E-state index contributed by atoms with van der Waals surface area (Å²) >= 11 is 1.45. The fourth-order valence-electron chi connectivity index (χ4n) is 2.67. The van der Waals surface area contributed by atoms with Crippen molar-refractivity contribution in [3.8, 4) is 0 Å². The number of benzene rings is 2. The van der Waals surface area contributed by atoms with Gasteiger partial charge in [-0.05, 0) is 47.2 Å². The van der Waals surface area contributed by atoms with Crippen molar-refractivity contribution in [1.29, 1.82) is 0 Å². The number of hydrogen-bond donors (Lipinski definition) is 3. The third kappa shape index (κ3) is 5.35. The summed E-state index contributed by atoms with van der Waals surface area (Å²) in [6, 6.07) is 12.7. The van der Waals surface area contributed by atoms with Crippen LogP contribution < -0.4 is 16.4 Å². The maximum absolute atomic E-state index is 13.2. The Morgan fingerprint density at radius 2 is 2.00 bits per heavy atom. The summed E-state index contributed by atoms with van der Waals surface area (Å²) in [5, 5.41) is 17.9. The lowest BCUT2D eigenvalue weighted by molar-refractivity contribution is 0.102. The highest BCUT2D eigenvalue weighted by atomic mass is 32.2. The number of anilines is 4. The number of nitrogen functional groups attached to an aromatic ring is 1. The van der Waals surface area contributed by atoms with E-state index in [1.165, 1.54) is 28.7 Å². The van der Waals surface area contributed by atoms with Crippen LogP contribution in [-0.4, -0.2) is 36.1 Å². The number of aryl methyl sites for hydroxylation is 1. The number of halogens is 1. The normalized spacial score (nSPS) is 10.7. The van der Waals surface area contributed by atoms with Gasteiger partial charge in [-0.2, -0.15) is 4.80 Å². The highest BCUT2D eigenvalue weighted by molar-refractivity contribution is 7.98. The number of nitrogens with zero attached hydrogens (tertiary/aromatic N) is 6. The minimum atomic E-state index is -0.460. The summed E-state index contributed by atoms with van der Waals surface area (Å²) in [4.78, 5) is 22.4. The van der Waals surface area contributed by atoms with Crippen molar-refractivity contribution in [2.75, 3.05) is 16.4 Å². The zero-order valence-electron chi connectivity index (χ0n) is 16.9. The highest BCUT2D eigenvalue weighted by Gasteiger charge is 2.10. The van der Waals surface area contributed by atoms with Gasteiger partial charge >= 0.3 is 0 Å². The summed E-state index contributed by atoms with van der Waals surface area (Å²) < 4.78 is 13.2. The molecule has 4 N–H and O–H groups in total. The van der Waals surface area contributed by atoms with Gasteiger partial charge in [-0.15, -0.1) is 5.10 Å². The Bertz CT molecular complexity index is 1250. The van der Waals surface area contributed by atoms with Gasteiger partial charge in [0.2, 0.25) is 0 Å². The molecule has 2 aromatic heterocycles. The molecule has 0 saturated heterocycles. The van der Waals surface area contributed by atoms with Crippen LogP contribution in [0.3, 0.4) is 0 Å². The van der Waals surface area contributed by atoms with Crippen molar-refractivity contribution in [1.82, 2.24) is 30.2 Å². The molecule has 0 aliphatic rings. The molecule has 0 spiro atoms. The maximum Gasteiger partial charge on any atom is 0.268 e. The van der Waals surface area contributed by atoms with E-state index in [1.54, 1.807) is 31.4 Å². The van der Waals surface area contributed by atoms with Gasteiger partial charge in [-0.1, -0.05) is 29.0 Å². The predicted molar refractivity (Wildman–Crippen MR) is 119 cm³/mol. The molecule has 32 heavy (non-hydrogen) atoms. The second kappa shape index (κ2) is 9.39. The van der Waals surface area contributed by atoms with Gasteiger partial charge in [0.15, 0.2) is 5.16 Å². The molecule has 0 unspecified atom stereocenters. The molecule has 1 amide bonds. The molecule has 10 nitrogen and oxygen atoms in total. The van der Waals surface area contributed by atoms with Crippen LogP contribution in [0.25, 0.3) is 0 Å². The lowest BCUT2D eigenvalue weighted by Gasteiger charge is -2.09. The van der Waals surface area contributed by atoms with Crippen LogP contribution in [0.1, 0.15) is 15.9 Å². The number of tetrazole rings is 1. The fourth-order valence-corrected chi connectivity index (χ4v) is 3.46. The highest BCUT2D eigenvalue weighted by Crippen LogP contribution is 2.22. The molecule has 0 aliphatic carbocycles. The van der Waals surface area contributed by atoms with E-state index in [2.05, 4.69) is 36.0 Å². The molecule has 2 heterocycles. The Hall–Kier alpha value is -4.06. The molecule has 0 fully saturated rings. The zero-order valence-corrected chi connectivity index (χ0v) is 17.7. The van der Waals surface area contributed by atoms with Crippen molar-refractivity contribution >= 4 is 40.8 Å². The third-order valence-electron chi connectivity index (χ3n) is 4.23. The number of thioether (sulfide) groups is 1. The van der Waals surface area contributed by atoms with Crippen LogP contribution in [0, 0.1) is 5.82 Å². The number of rotatable bonds is 7. The van der Waals surface area contributed by atoms with Gasteiger partial charge in [0.05, 0.1) is 18.4 Å². The van der Waals surface area contributed by atoms with Crippen LogP contribution in [0.5, 0.6) is 0 Å². The lowest BCUT2D eigenvalue weighted by Crippen LogP contribution is -2.13. The quantitative estimate of drug-likeness (QED) is 0.220. The average molecular weight is 451 g/mol. The van der Waals surface area contributed by atoms with E-state index in [4.69, 9.17) is 5.73 Å². The van der Waals surface area contributed by atoms with Crippen molar-refractivity contribution in [3.05, 3.63) is 71.7 Å². The van der Waals surface area contributed by atoms with Crippen LogP contribution in [0.4, 0.5) is 27.5 Å². The largest absolute Gasteiger partial charge is 0.397 e. The number of carbonyl (C=O) groups is 1. The van der Waals surface area contributed by atoms with Crippen molar-refractivity contribution in [3.63, 3.8) is 0 Å². The number of carbonyl (C=O) groups excluding carboxylic acids is 1. The molecule has 0 saturated carbocycles. The van der Waals surface area contributed by atoms with Gasteiger partial charge in [-0.25, -0.2) is 14.4 Å².